The van der Waals surface area contributed by atoms with Crippen molar-refractivity contribution < 1.29 is 5.11 Å². The van der Waals surface area contributed by atoms with Gasteiger partial charge in [0.05, 0.1) is 5.71 Å². The number of nitrogens with zero attached hydrogens (tertiary/aromatic N) is 2. The van der Waals surface area contributed by atoms with Crippen LogP contribution in [0.15, 0.2) is 29.4 Å². The van der Waals surface area contributed by atoms with Crippen molar-refractivity contribution in [3.05, 3.63) is 29.8 Å². The highest BCUT2D eigenvalue weighted by Crippen LogP contribution is 2.10. The number of hydrazone groups is 1. The van der Waals surface area contributed by atoms with Crippen molar-refractivity contribution in [1.82, 2.24) is 5.01 Å². The minimum atomic E-state index is 0.279. The Hall–Kier alpha value is -1.51. The summed E-state index contributed by atoms with van der Waals surface area (Å²) in [6, 6.07) is 7.00. The fourth-order valence-corrected chi connectivity index (χ4v) is 1.06. The lowest BCUT2D eigenvalue weighted by Gasteiger charge is -2.07. The third-order valence-corrected chi connectivity index (χ3v) is 1.64. The lowest BCUT2D eigenvalue weighted by molar-refractivity contribution is 0.438. The van der Waals surface area contributed by atoms with E-state index in [1.165, 1.54) is 0 Å². The van der Waals surface area contributed by atoms with E-state index < -0.39 is 0 Å². The molecule has 0 aromatic heterocycles. The van der Waals surface area contributed by atoms with E-state index >= 15 is 0 Å². The van der Waals surface area contributed by atoms with Gasteiger partial charge >= 0.3 is 0 Å². The van der Waals surface area contributed by atoms with Gasteiger partial charge in [-0.05, 0) is 36.8 Å². The normalized spacial score (nSPS) is 11.5. The zero-order valence-electron chi connectivity index (χ0n) is 8.15. The van der Waals surface area contributed by atoms with Crippen LogP contribution in [0.2, 0.25) is 0 Å². The predicted molar refractivity (Wildman–Crippen MR) is 54.0 cm³/mol. The van der Waals surface area contributed by atoms with E-state index in [-0.39, 0.29) is 5.75 Å². The van der Waals surface area contributed by atoms with Gasteiger partial charge in [0.15, 0.2) is 0 Å². The third kappa shape index (κ3) is 2.78. The van der Waals surface area contributed by atoms with Gasteiger partial charge < -0.3 is 10.1 Å². The van der Waals surface area contributed by atoms with E-state index in [0.717, 1.165) is 11.3 Å². The largest absolute Gasteiger partial charge is 0.508 e. The van der Waals surface area contributed by atoms with Crippen LogP contribution in [0.3, 0.4) is 0 Å². The first kappa shape index (κ1) is 9.58. The van der Waals surface area contributed by atoms with Crippen molar-refractivity contribution in [3.8, 4) is 5.75 Å². The molecule has 0 aliphatic heterocycles. The first-order valence-electron chi connectivity index (χ1n) is 4.11. The van der Waals surface area contributed by atoms with E-state index in [9.17, 15) is 0 Å². The predicted octanol–water partition coefficient (Wildman–Crippen LogP) is 1.68. The van der Waals surface area contributed by atoms with E-state index in [4.69, 9.17) is 5.11 Å². The van der Waals surface area contributed by atoms with Crippen LogP contribution < -0.4 is 0 Å². The fourth-order valence-electron chi connectivity index (χ4n) is 1.06. The standard InChI is InChI=1S/C10H14N2O/c1-8(11-12(2)3)9-4-6-10(13)7-5-9/h4-7,13H,1-3H3/b11-8-. The van der Waals surface area contributed by atoms with Gasteiger partial charge in [-0.3, -0.25) is 0 Å². The number of phenols is 1. The number of rotatable bonds is 2. The Morgan fingerprint density at radius 3 is 2.23 bits per heavy atom. The van der Waals surface area contributed by atoms with Crippen molar-refractivity contribution in [2.75, 3.05) is 14.1 Å². The number of hydrogen-bond acceptors (Lipinski definition) is 3. The highest BCUT2D eigenvalue weighted by molar-refractivity contribution is 5.98. The molecule has 0 fully saturated rings. The quantitative estimate of drug-likeness (QED) is 0.552. The highest BCUT2D eigenvalue weighted by Gasteiger charge is 1.97. The second-order valence-corrected chi connectivity index (χ2v) is 3.08. The fraction of sp³-hybridized carbons (Fsp3) is 0.300. The molecule has 0 saturated carbocycles. The summed E-state index contributed by atoms with van der Waals surface area (Å²) in [5.74, 6) is 0.279. The topological polar surface area (TPSA) is 35.8 Å². The zero-order chi connectivity index (χ0) is 9.84. The van der Waals surface area contributed by atoms with Gasteiger partial charge in [-0.1, -0.05) is 0 Å². The van der Waals surface area contributed by atoms with Gasteiger partial charge in [-0.15, -0.1) is 0 Å². The molecule has 13 heavy (non-hydrogen) atoms. The summed E-state index contributed by atoms with van der Waals surface area (Å²) in [4.78, 5) is 0. The second-order valence-electron chi connectivity index (χ2n) is 3.08. The average Bonchev–Trinajstić information content (AvgIpc) is 2.04. The lowest BCUT2D eigenvalue weighted by Crippen LogP contribution is -2.07. The maximum absolute atomic E-state index is 9.07. The molecule has 1 aromatic carbocycles. The molecule has 3 nitrogen and oxygen atoms in total. The molecule has 0 aliphatic carbocycles. The second kappa shape index (κ2) is 3.94. The van der Waals surface area contributed by atoms with Crippen LogP contribution in [-0.2, 0) is 0 Å². The van der Waals surface area contributed by atoms with Gasteiger partial charge in [0.25, 0.3) is 0 Å². The van der Waals surface area contributed by atoms with Crippen molar-refractivity contribution in [2.24, 2.45) is 5.10 Å². The summed E-state index contributed by atoms with van der Waals surface area (Å²) in [6.45, 7) is 1.94. The molecule has 0 aliphatic rings. The van der Waals surface area contributed by atoms with E-state index in [1.54, 1.807) is 17.1 Å². The first-order valence-corrected chi connectivity index (χ1v) is 4.11. The van der Waals surface area contributed by atoms with Gasteiger partial charge in [-0.25, -0.2) is 0 Å². The zero-order valence-corrected chi connectivity index (χ0v) is 8.15. The summed E-state index contributed by atoms with van der Waals surface area (Å²) in [6.07, 6.45) is 0. The molecule has 0 spiro atoms. The lowest BCUT2D eigenvalue weighted by atomic mass is 10.1. The van der Waals surface area contributed by atoms with Crippen LogP contribution in [-0.4, -0.2) is 29.9 Å². The Morgan fingerprint density at radius 2 is 1.77 bits per heavy atom. The molecular weight excluding hydrogens is 164 g/mol. The monoisotopic (exact) mass is 178 g/mol. The summed E-state index contributed by atoms with van der Waals surface area (Å²) in [5.41, 5.74) is 1.96. The molecule has 0 amide bonds. The summed E-state index contributed by atoms with van der Waals surface area (Å²) in [7, 11) is 3.76. The molecule has 1 rings (SSSR count). The maximum atomic E-state index is 9.07. The Labute approximate surface area is 78.3 Å². The number of phenolic OH excluding ortho intramolecular Hbond substituents is 1. The molecule has 1 N–H and O–H groups in total. The van der Waals surface area contributed by atoms with Crippen LogP contribution in [0.4, 0.5) is 0 Å². The van der Waals surface area contributed by atoms with E-state index in [1.807, 2.05) is 33.2 Å². The van der Waals surface area contributed by atoms with E-state index in [0.29, 0.717) is 0 Å². The van der Waals surface area contributed by atoms with E-state index in [2.05, 4.69) is 5.10 Å². The van der Waals surface area contributed by atoms with Gasteiger partial charge in [0, 0.05) is 14.1 Å². The molecule has 0 radical (unpaired) electrons. The third-order valence-electron chi connectivity index (χ3n) is 1.64. The summed E-state index contributed by atoms with van der Waals surface area (Å²) < 4.78 is 0. The smallest absolute Gasteiger partial charge is 0.115 e. The SMILES string of the molecule is C/C(=N/N(C)C)c1ccc(O)cc1. The number of aromatic hydroxyl groups is 1. The Balaban J connectivity index is 2.89. The van der Waals surface area contributed by atoms with Gasteiger partial charge in [-0.2, -0.15) is 5.10 Å². The Bertz CT molecular complexity index is 301. The number of hydrogen-bond donors (Lipinski definition) is 1. The first-order chi connectivity index (χ1) is 6.09. The van der Waals surface area contributed by atoms with Crippen LogP contribution in [0.25, 0.3) is 0 Å². The van der Waals surface area contributed by atoms with Crippen LogP contribution in [0.1, 0.15) is 12.5 Å². The molecule has 70 valence electrons. The van der Waals surface area contributed by atoms with Gasteiger partial charge in [0.2, 0.25) is 0 Å². The number of benzene rings is 1. The van der Waals surface area contributed by atoms with Crippen LogP contribution in [0.5, 0.6) is 5.75 Å². The van der Waals surface area contributed by atoms with Crippen molar-refractivity contribution >= 4 is 5.71 Å². The maximum Gasteiger partial charge on any atom is 0.115 e. The minimum absolute atomic E-state index is 0.279. The minimum Gasteiger partial charge on any atom is -0.508 e. The summed E-state index contributed by atoms with van der Waals surface area (Å²) in [5, 5.41) is 15.1. The van der Waals surface area contributed by atoms with Crippen molar-refractivity contribution in [1.29, 1.82) is 0 Å². The molecule has 1 aromatic rings. The molecule has 0 unspecified atom stereocenters. The molecule has 0 saturated heterocycles. The molecule has 0 atom stereocenters. The average molecular weight is 178 g/mol. The van der Waals surface area contributed by atoms with Crippen LogP contribution >= 0.6 is 0 Å². The molecule has 0 heterocycles. The molecule has 3 heteroatoms. The molecule has 0 bridgehead atoms. The van der Waals surface area contributed by atoms with Crippen molar-refractivity contribution in [2.45, 2.75) is 6.92 Å². The highest BCUT2D eigenvalue weighted by atomic mass is 16.3. The van der Waals surface area contributed by atoms with Crippen molar-refractivity contribution in [3.63, 3.8) is 0 Å². The molecular formula is C10H14N2O. The van der Waals surface area contributed by atoms with Gasteiger partial charge in [0.1, 0.15) is 5.75 Å². The Kier molecular flexibility index (Phi) is 2.90. The summed E-state index contributed by atoms with van der Waals surface area (Å²) >= 11 is 0. The Morgan fingerprint density at radius 1 is 1.23 bits per heavy atom. The van der Waals surface area contributed by atoms with Crippen LogP contribution in [0, 0.1) is 0 Å².